The van der Waals surface area contributed by atoms with E-state index in [-0.39, 0.29) is 6.61 Å². The Hall–Kier alpha value is -1.33. The first-order chi connectivity index (χ1) is 8.81. The van der Waals surface area contributed by atoms with E-state index in [4.69, 9.17) is 5.73 Å². The molecule has 1 aromatic carbocycles. The highest BCUT2D eigenvalue weighted by Crippen LogP contribution is 2.36. The quantitative estimate of drug-likeness (QED) is 0.830. The Bertz CT molecular complexity index is 550. The first-order valence-corrected chi connectivity index (χ1v) is 7.18. The molecule has 5 heteroatoms. The molecule has 1 fully saturated rings. The summed E-state index contributed by atoms with van der Waals surface area (Å²) in [6, 6.07) is 4.65. The van der Waals surface area contributed by atoms with Crippen LogP contribution in [0.3, 0.4) is 0 Å². The van der Waals surface area contributed by atoms with Crippen molar-refractivity contribution in [2.75, 3.05) is 23.8 Å². The second kappa shape index (κ2) is 4.74. The third-order valence-electron chi connectivity index (χ3n) is 3.68. The van der Waals surface area contributed by atoms with E-state index in [0.717, 1.165) is 21.6 Å². The maximum atomic E-state index is 9.23. The minimum absolute atomic E-state index is 0.158. The van der Waals surface area contributed by atoms with Crippen LogP contribution in [0.15, 0.2) is 17.6 Å². The molecule has 0 aliphatic heterocycles. The predicted octanol–water partition coefficient (Wildman–Crippen LogP) is 2.23. The molecule has 0 atom stereocenters. The Labute approximate surface area is 110 Å². The van der Waals surface area contributed by atoms with E-state index in [1.165, 1.54) is 19.3 Å². The Balaban J connectivity index is 2.01. The van der Waals surface area contributed by atoms with Crippen LogP contribution in [0, 0.1) is 0 Å². The van der Waals surface area contributed by atoms with Crippen LogP contribution < -0.4 is 10.6 Å². The molecule has 0 unspecified atom stereocenters. The number of nitrogens with two attached hydrogens (primary N) is 1. The lowest BCUT2D eigenvalue weighted by atomic mass is 9.91. The van der Waals surface area contributed by atoms with Crippen LogP contribution in [0.25, 0.3) is 10.2 Å². The number of thiazole rings is 1. The molecule has 18 heavy (non-hydrogen) atoms. The number of aliphatic hydroxyl groups is 1. The van der Waals surface area contributed by atoms with E-state index >= 15 is 0 Å². The first kappa shape index (κ1) is 11.7. The number of aromatic nitrogens is 1. The molecule has 2 aromatic rings. The van der Waals surface area contributed by atoms with Gasteiger partial charge in [-0.15, -0.1) is 11.3 Å². The number of anilines is 2. The van der Waals surface area contributed by atoms with E-state index < -0.39 is 0 Å². The molecule has 3 N–H and O–H groups in total. The van der Waals surface area contributed by atoms with Gasteiger partial charge in [-0.25, -0.2) is 4.98 Å². The van der Waals surface area contributed by atoms with Crippen molar-refractivity contribution < 1.29 is 5.11 Å². The van der Waals surface area contributed by atoms with E-state index in [1.54, 1.807) is 11.3 Å². The Morgan fingerprint density at radius 2 is 2.28 bits per heavy atom. The van der Waals surface area contributed by atoms with Crippen LogP contribution >= 0.6 is 11.3 Å². The SMILES string of the molecule is Nc1c(N(CCO)C2CCC2)ccc2scnc12. The topological polar surface area (TPSA) is 62.4 Å². The highest BCUT2D eigenvalue weighted by atomic mass is 32.1. The minimum Gasteiger partial charge on any atom is -0.395 e. The van der Waals surface area contributed by atoms with Crippen molar-refractivity contribution in [1.29, 1.82) is 0 Å². The monoisotopic (exact) mass is 263 g/mol. The minimum atomic E-state index is 0.158. The predicted molar refractivity (Wildman–Crippen MR) is 76.1 cm³/mol. The van der Waals surface area contributed by atoms with Gasteiger partial charge in [0.25, 0.3) is 0 Å². The van der Waals surface area contributed by atoms with Gasteiger partial charge < -0.3 is 15.7 Å². The molecule has 1 heterocycles. The molecule has 0 saturated heterocycles. The van der Waals surface area contributed by atoms with Crippen LogP contribution in [-0.2, 0) is 0 Å². The summed E-state index contributed by atoms with van der Waals surface area (Å²) < 4.78 is 1.12. The van der Waals surface area contributed by atoms with Crippen LogP contribution in [0.1, 0.15) is 19.3 Å². The molecule has 96 valence electrons. The number of aliphatic hydroxyl groups excluding tert-OH is 1. The van der Waals surface area contributed by atoms with Gasteiger partial charge in [0.1, 0.15) is 5.52 Å². The zero-order valence-corrected chi connectivity index (χ0v) is 11.0. The number of nitrogen functional groups attached to an aromatic ring is 1. The van der Waals surface area contributed by atoms with Crippen molar-refractivity contribution >= 4 is 32.9 Å². The highest BCUT2D eigenvalue weighted by molar-refractivity contribution is 7.16. The molecule has 1 aliphatic carbocycles. The van der Waals surface area contributed by atoms with Crippen LogP contribution in [0.2, 0.25) is 0 Å². The summed E-state index contributed by atoms with van der Waals surface area (Å²) in [6.45, 7) is 0.801. The fourth-order valence-electron chi connectivity index (χ4n) is 2.50. The summed E-state index contributed by atoms with van der Waals surface area (Å²) in [5.74, 6) is 0. The lowest BCUT2D eigenvalue weighted by molar-refractivity contribution is 0.284. The third kappa shape index (κ3) is 1.83. The molecule has 1 aliphatic rings. The number of hydrogen-bond acceptors (Lipinski definition) is 5. The van der Waals surface area contributed by atoms with E-state index in [2.05, 4.69) is 22.0 Å². The van der Waals surface area contributed by atoms with Crippen molar-refractivity contribution in [2.24, 2.45) is 0 Å². The molecule has 1 saturated carbocycles. The van der Waals surface area contributed by atoms with Crippen molar-refractivity contribution in [3.05, 3.63) is 17.6 Å². The maximum absolute atomic E-state index is 9.23. The van der Waals surface area contributed by atoms with Gasteiger partial charge in [0.2, 0.25) is 0 Å². The molecular weight excluding hydrogens is 246 g/mol. The van der Waals surface area contributed by atoms with Gasteiger partial charge in [-0.3, -0.25) is 0 Å². The van der Waals surface area contributed by atoms with E-state index in [1.807, 2.05) is 5.51 Å². The summed E-state index contributed by atoms with van der Waals surface area (Å²) in [6.07, 6.45) is 3.65. The summed E-state index contributed by atoms with van der Waals surface area (Å²) >= 11 is 1.60. The molecule has 0 radical (unpaired) electrons. The second-order valence-electron chi connectivity index (χ2n) is 4.70. The van der Waals surface area contributed by atoms with Crippen LogP contribution in [-0.4, -0.2) is 29.3 Å². The van der Waals surface area contributed by atoms with Crippen molar-refractivity contribution in [1.82, 2.24) is 4.98 Å². The van der Waals surface area contributed by atoms with Gasteiger partial charge in [0.15, 0.2) is 0 Å². The molecule has 1 aromatic heterocycles. The largest absolute Gasteiger partial charge is 0.395 e. The number of nitrogens with zero attached hydrogens (tertiary/aromatic N) is 2. The smallest absolute Gasteiger partial charge is 0.106 e. The van der Waals surface area contributed by atoms with Gasteiger partial charge >= 0.3 is 0 Å². The Morgan fingerprint density at radius 1 is 1.44 bits per heavy atom. The van der Waals surface area contributed by atoms with Gasteiger partial charge in [0, 0.05) is 12.6 Å². The molecule has 3 rings (SSSR count). The standard InChI is InChI=1S/C13H17N3OS/c14-12-10(4-5-11-13(12)15-8-18-11)16(6-7-17)9-2-1-3-9/h4-5,8-9,17H,1-3,6-7,14H2. The lowest BCUT2D eigenvalue weighted by Crippen LogP contribution is -2.42. The number of benzene rings is 1. The van der Waals surface area contributed by atoms with Crippen molar-refractivity contribution in [3.8, 4) is 0 Å². The van der Waals surface area contributed by atoms with Crippen LogP contribution in [0.5, 0.6) is 0 Å². The van der Waals surface area contributed by atoms with Crippen molar-refractivity contribution in [3.63, 3.8) is 0 Å². The summed E-state index contributed by atoms with van der Waals surface area (Å²) in [5.41, 5.74) is 10.7. The fourth-order valence-corrected chi connectivity index (χ4v) is 3.19. The highest BCUT2D eigenvalue weighted by Gasteiger charge is 2.26. The zero-order valence-electron chi connectivity index (χ0n) is 10.2. The van der Waals surface area contributed by atoms with E-state index in [0.29, 0.717) is 12.6 Å². The molecular formula is C13H17N3OS. The normalized spacial score (nSPS) is 15.8. The summed E-state index contributed by atoms with van der Waals surface area (Å²) in [7, 11) is 0. The average Bonchev–Trinajstić information content (AvgIpc) is 2.76. The van der Waals surface area contributed by atoms with E-state index in [9.17, 15) is 5.11 Å². The molecule has 4 nitrogen and oxygen atoms in total. The first-order valence-electron chi connectivity index (χ1n) is 6.30. The second-order valence-corrected chi connectivity index (χ2v) is 5.59. The van der Waals surface area contributed by atoms with Gasteiger partial charge in [-0.1, -0.05) is 0 Å². The van der Waals surface area contributed by atoms with Gasteiger partial charge in [-0.05, 0) is 31.4 Å². The molecule has 0 spiro atoms. The number of fused-ring (bicyclic) bond motifs is 1. The maximum Gasteiger partial charge on any atom is 0.106 e. The van der Waals surface area contributed by atoms with Gasteiger partial charge in [0.05, 0.1) is 28.2 Å². The average molecular weight is 263 g/mol. The number of rotatable bonds is 4. The zero-order chi connectivity index (χ0) is 12.5. The molecule has 0 amide bonds. The summed E-state index contributed by atoms with van der Waals surface area (Å²) in [5, 5.41) is 9.23. The van der Waals surface area contributed by atoms with Crippen LogP contribution in [0.4, 0.5) is 11.4 Å². The number of hydrogen-bond donors (Lipinski definition) is 2. The Kier molecular flexibility index (Phi) is 3.09. The van der Waals surface area contributed by atoms with Gasteiger partial charge in [-0.2, -0.15) is 0 Å². The summed E-state index contributed by atoms with van der Waals surface area (Å²) in [4.78, 5) is 6.56. The molecule has 0 bridgehead atoms. The lowest BCUT2D eigenvalue weighted by Gasteiger charge is -2.39. The van der Waals surface area contributed by atoms with Crippen molar-refractivity contribution in [2.45, 2.75) is 25.3 Å². The fraction of sp³-hybridized carbons (Fsp3) is 0.462. The third-order valence-corrected chi connectivity index (χ3v) is 4.48. The Morgan fingerprint density at radius 3 is 2.94 bits per heavy atom.